The van der Waals surface area contributed by atoms with Gasteiger partial charge in [-0.2, -0.15) is 0 Å². The lowest BCUT2D eigenvalue weighted by atomic mass is 9.76. The van der Waals surface area contributed by atoms with Crippen LogP contribution in [-0.4, -0.2) is 72.7 Å². The van der Waals surface area contributed by atoms with Crippen molar-refractivity contribution < 1.29 is 23.8 Å². The van der Waals surface area contributed by atoms with Crippen LogP contribution in [0, 0.1) is 0 Å². The van der Waals surface area contributed by atoms with E-state index in [0.29, 0.717) is 37.8 Å². The minimum atomic E-state index is -1.12. The highest BCUT2D eigenvalue weighted by Crippen LogP contribution is 2.49. The van der Waals surface area contributed by atoms with Crippen molar-refractivity contribution in [3.63, 3.8) is 0 Å². The maximum Gasteiger partial charge on any atom is 0.255 e. The summed E-state index contributed by atoms with van der Waals surface area (Å²) in [4.78, 5) is 34.9. The van der Waals surface area contributed by atoms with E-state index >= 15 is 0 Å². The molecular formula is C30H35N3O5. The quantitative estimate of drug-likeness (QED) is 0.509. The van der Waals surface area contributed by atoms with Gasteiger partial charge < -0.3 is 29.0 Å². The van der Waals surface area contributed by atoms with Crippen molar-refractivity contribution in [2.45, 2.75) is 50.7 Å². The third-order valence-corrected chi connectivity index (χ3v) is 8.32. The van der Waals surface area contributed by atoms with Crippen LogP contribution in [0.1, 0.15) is 55.8 Å². The molecule has 8 nitrogen and oxygen atoms in total. The third kappa shape index (κ3) is 3.85. The maximum absolute atomic E-state index is 14.2. The van der Waals surface area contributed by atoms with E-state index in [1.54, 1.807) is 16.9 Å². The summed E-state index contributed by atoms with van der Waals surface area (Å²) in [6.07, 6.45) is 2.79. The van der Waals surface area contributed by atoms with Crippen molar-refractivity contribution in [1.82, 2.24) is 14.8 Å². The van der Waals surface area contributed by atoms with Crippen LogP contribution in [0.2, 0.25) is 0 Å². The summed E-state index contributed by atoms with van der Waals surface area (Å²) in [5, 5.41) is 1.06. The van der Waals surface area contributed by atoms with Gasteiger partial charge in [0.15, 0.2) is 17.0 Å². The molecule has 2 saturated heterocycles. The van der Waals surface area contributed by atoms with E-state index in [-0.39, 0.29) is 30.4 Å². The fourth-order valence-corrected chi connectivity index (χ4v) is 6.39. The van der Waals surface area contributed by atoms with Gasteiger partial charge in [0.2, 0.25) is 5.91 Å². The number of rotatable bonds is 7. The average Bonchev–Trinajstić information content (AvgIpc) is 3.59. The van der Waals surface area contributed by atoms with Crippen molar-refractivity contribution in [3.05, 3.63) is 59.3 Å². The summed E-state index contributed by atoms with van der Waals surface area (Å²) in [5.74, 6) is 1.13. The molecule has 2 fully saturated rings. The molecule has 0 spiro atoms. The Morgan fingerprint density at radius 2 is 2.00 bits per heavy atom. The first-order valence-electron chi connectivity index (χ1n) is 13.6. The van der Waals surface area contributed by atoms with Crippen LogP contribution in [0.5, 0.6) is 11.5 Å². The van der Waals surface area contributed by atoms with Gasteiger partial charge in [0, 0.05) is 36.5 Å². The number of nitrogens with one attached hydrogen (secondary N) is 1. The van der Waals surface area contributed by atoms with Gasteiger partial charge in [-0.25, -0.2) is 0 Å². The molecule has 8 heteroatoms. The van der Waals surface area contributed by atoms with Crippen LogP contribution in [0.25, 0.3) is 10.9 Å². The van der Waals surface area contributed by atoms with E-state index in [1.165, 1.54) is 0 Å². The van der Waals surface area contributed by atoms with Crippen LogP contribution in [0.15, 0.2) is 42.5 Å². The highest BCUT2D eigenvalue weighted by atomic mass is 16.5. The molecule has 3 aliphatic heterocycles. The fourth-order valence-electron chi connectivity index (χ4n) is 6.39. The normalized spacial score (nSPS) is 25.0. The second kappa shape index (κ2) is 9.66. The van der Waals surface area contributed by atoms with Gasteiger partial charge in [-0.15, -0.1) is 0 Å². The molecule has 0 bridgehead atoms. The van der Waals surface area contributed by atoms with Crippen LogP contribution in [-0.2, 0) is 19.9 Å². The number of aromatic nitrogens is 1. The Hall–Kier alpha value is -3.52. The Morgan fingerprint density at radius 1 is 1.16 bits per heavy atom. The number of carbonyl (C=O) groups is 2. The largest absolute Gasteiger partial charge is 0.493 e. The molecule has 3 atom stereocenters. The monoisotopic (exact) mass is 517 g/mol. The minimum absolute atomic E-state index is 0.0127. The smallest absolute Gasteiger partial charge is 0.255 e. The summed E-state index contributed by atoms with van der Waals surface area (Å²) in [6.45, 7) is 6.20. The second-order valence-corrected chi connectivity index (χ2v) is 10.7. The molecule has 1 N–H and O–H groups in total. The lowest BCUT2D eigenvalue weighted by molar-refractivity contribution is -0.167. The van der Waals surface area contributed by atoms with E-state index < -0.39 is 5.54 Å². The number of ether oxygens (including phenoxy) is 3. The Kier molecular flexibility index (Phi) is 6.30. The first kappa shape index (κ1) is 24.8. The molecule has 2 amide bonds. The number of fused-ring (bicyclic) bond motifs is 5. The molecule has 0 radical (unpaired) electrons. The summed E-state index contributed by atoms with van der Waals surface area (Å²) < 4.78 is 17.4. The molecule has 3 unspecified atom stereocenters. The lowest BCUT2D eigenvalue weighted by Crippen LogP contribution is -2.68. The summed E-state index contributed by atoms with van der Waals surface area (Å²) in [7, 11) is 1.64. The number of nitrogens with zero attached hydrogens (tertiary/aromatic N) is 2. The van der Waals surface area contributed by atoms with Crippen LogP contribution in [0.4, 0.5) is 0 Å². The number of piperazine rings is 1. The van der Waals surface area contributed by atoms with Crippen LogP contribution >= 0.6 is 0 Å². The van der Waals surface area contributed by atoms with Gasteiger partial charge >= 0.3 is 0 Å². The average molecular weight is 518 g/mol. The Balaban J connectivity index is 1.46. The molecule has 6 rings (SSSR count). The highest BCUT2D eigenvalue weighted by Gasteiger charge is 2.56. The van der Waals surface area contributed by atoms with Gasteiger partial charge in [0.25, 0.3) is 5.91 Å². The van der Waals surface area contributed by atoms with Crippen LogP contribution in [0.3, 0.4) is 0 Å². The van der Waals surface area contributed by atoms with E-state index in [0.717, 1.165) is 47.0 Å². The number of carbonyl (C=O) groups excluding carboxylic acids is 2. The van der Waals surface area contributed by atoms with E-state index in [1.807, 2.05) is 43.3 Å². The number of benzene rings is 2. The number of amides is 2. The van der Waals surface area contributed by atoms with Crippen molar-refractivity contribution in [1.29, 1.82) is 0 Å². The Morgan fingerprint density at radius 3 is 2.76 bits per heavy atom. The van der Waals surface area contributed by atoms with Crippen LogP contribution < -0.4 is 9.47 Å². The predicted octanol–water partition coefficient (Wildman–Crippen LogP) is 4.18. The molecule has 1 aromatic heterocycles. The maximum atomic E-state index is 14.2. The number of hydrogen-bond donors (Lipinski definition) is 1. The highest BCUT2D eigenvalue weighted by molar-refractivity contribution is 6.01. The fraction of sp³-hybridized carbons (Fsp3) is 0.467. The minimum Gasteiger partial charge on any atom is -0.493 e. The van der Waals surface area contributed by atoms with E-state index in [2.05, 4.69) is 18.0 Å². The standard InChI is InChI=1S/C30H35N3O5/c1-4-13-38-24-12-11-19(15-25(24)36-3)22-17-33-26(34)18-32(16-20-8-7-14-37-20)29(35)30(33,2)28-27(22)21-9-5-6-10-23(21)31-28/h5-6,9-12,15,20,22,31H,4,7-8,13-14,16-18H2,1-3H3. The summed E-state index contributed by atoms with van der Waals surface area (Å²) in [5.41, 5.74) is 2.70. The molecule has 38 heavy (non-hydrogen) atoms. The Bertz CT molecular complexity index is 1380. The van der Waals surface area contributed by atoms with Gasteiger partial charge in [0.1, 0.15) is 0 Å². The number of methoxy groups -OCH3 is 1. The predicted molar refractivity (Wildman–Crippen MR) is 144 cm³/mol. The zero-order valence-corrected chi connectivity index (χ0v) is 22.3. The molecule has 200 valence electrons. The lowest BCUT2D eigenvalue weighted by Gasteiger charge is -2.51. The second-order valence-electron chi connectivity index (χ2n) is 10.7. The first-order chi connectivity index (χ1) is 18.5. The number of H-pyrrole nitrogens is 1. The van der Waals surface area contributed by atoms with Gasteiger partial charge in [-0.05, 0) is 55.5 Å². The van der Waals surface area contributed by atoms with E-state index in [4.69, 9.17) is 14.2 Å². The number of aromatic amines is 1. The van der Waals surface area contributed by atoms with Gasteiger partial charge in [-0.1, -0.05) is 31.2 Å². The van der Waals surface area contributed by atoms with Crippen molar-refractivity contribution in [2.75, 3.05) is 40.0 Å². The van der Waals surface area contributed by atoms with E-state index in [9.17, 15) is 9.59 Å². The molecule has 3 aromatic rings. The topological polar surface area (TPSA) is 84.1 Å². The number of hydrogen-bond acceptors (Lipinski definition) is 5. The molecule has 0 aliphatic carbocycles. The zero-order valence-electron chi connectivity index (χ0n) is 22.3. The molecule has 4 heterocycles. The molecule has 3 aliphatic rings. The number of para-hydroxylation sites is 1. The van der Waals surface area contributed by atoms with Gasteiger partial charge in [-0.3, -0.25) is 9.59 Å². The summed E-state index contributed by atoms with van der Waals surface area (Å²) in [6, 6.07) is 14.1. The van der Waals surface area contributed by atoms with Crippen molar-refractivity contribution in [3.8, 4) is 11.5 Å². The zero-order chi connectivity index (χ0) is 26.4. The van der Waals surface area contributed by atoms with Crippen molar-refractivity contribution >= 4 is 22.7 Å². The van der Waals surface area contributed by atoms with Gasteiger partial charge in [0.05, 0.1) is 32.1 Å². The summed E-state index contributed by atoms with van der Waals surface area (Å²) >= 11 is 0. The van der Waals surface area contributed by atoms with Crippen molar-refractivity contribution in [2.24, 2.45) is 0 Å². The third-order valence-electron chi connectivity index (χ3n) is 8.32. The Labute approximate surface area is 222 Å². The molecule has 2 aromatic carbocycles. The first-order valence-corrected chi connectivity index (χ1v) is 13.6. The molecular weight excluding hydrogens is 482 g/mol. The molecule has 0 saturated carbocycles. The SMILES string of the molecule is CCCOc1ccc(C2CN3C(=O)CN(CC4CCCO4)C(=O)C3(C)c3[nH]c4ccccc4c32)cc1OC.